The topological polar surface area (TPSA) is 38.9 Å². The number of hydrogen-bond acceptors (Lipinski definition) is 3. The molecule has 0 unspecified atom stereocenters. The maximum atomic E-state index is 5.93. The van der Waals surface area contributed by atoms with E-state index in [1.54, 1.807) is 11.3 Å². The highest BCUT2D eigenvalue weighted by molar-refractivity contribution is 7.13. The predicted molar refractivity (Wildman–Crippen MR) is 112 cm³/mol. The largest absolute Gasteiger partial charge is 0.399 e. The molecule has 0 radical (unpaired) electrons. The van der Waals surface area contributed by atoms with E-state index in [9.17, 15) is 0 Å². The van der Waals surface area contributed by atoms with Gasteiger partial charge in [0.05, 0.1) is 5.69 Å². The third-order valence-corrected chi connectivity index (χ3v) is 6.55. The van der Waals surface area contributed by atoms with Gasteiger partial charge in [0.25, 0.3) is 0 Å². The Morgan fingerprint density at radius 1 is 1.15 bits per heavy atom. The van der Waals surface area contributed by atoms with Crippen LogP contribution in [0.1, 0.15) is 54.6 Å². The molecule has 0 fully saturated rings. The molecule has 0 atom stereocenters. The minimum Gasteiger partial charge on any atom is -0.399 e. The van der Waals surface area contributed by atoms with E-state index < -0.39 is 0 Å². The molecule has 0 saturated carbocycles. The molecule has 1 aromatic heterocycles. The number of nitrogen functional groups attached to an aromatic ring is 1. The Bertz CT molecular complexity index is 953. The fraction of sp³-hybridized carbons (Fsp3) is 0.348. The molecular weight excluding hydrogens is 336 g/mol. The molecule has 2 N–H and O–H groups in total. The van der Waals surface area contributed by atoms with E-state index in [0.717, 1.165) is 28.4 Å². The molecule has 2 nitrogen and oxygen atoms in total. The van der Waals surface area contributed by atoms with Crippen molar-refractivity contribution in [2.75, 3.05) is 5.73 Å². The number of aryl methyl sites for hydroxylation is 2. The van der Waals surface area contributed by atoms with Crippen LogP contribution < -0.4 is 5.73 Å². The van der Waals surface area contributed by atoms with E-state index in [-0.39, 0.29) is 5.41 Å². The van der Waals surface area contributed by atoms with Crippen molar-refractivity contribution in [3.63, 3.8) is 0 Å². The second kappa shape index (κ2) is 6.55. The highest BCUT2D eigenvalue weighted by Gasteiger charge is 2.27. The normalized spacial score (nSPS) is 15.7. The Balaban J connectivity index is 1.61. The van der Waals surface area contributed by atoms with E-state index in [4.69, 9.17) is 10.7 Å². The Hall–Kier alpha value is -2.13. The number of thiazole rings is 1. The van der Waals surface area contributed by atoms with Crippen molar-refractivity contribution in [1.82, 2.24) is 4.98 Å². The summed E-state index contributed by atoms with van der Waals surface area (Å²) >= 11 is 1.74. The molecule has 0 spiro atoms. The SMILES string of the molecule is Cc1cc(Cc2csc(-c3ccc4c(c3)C(C)(C)CCC4)n2)ccc1N. The Morgan fingerprint density at radius 3 is 2.81 bits per heavy atom. The molecule has 2 aromatic carbocycles. The number of anilines is 1. The lowest BCUT2D eigenvalue weighted by Crippen LogP contribution is -2.23. The van der Waals surface area contributed by atoms with Crippen LogP contribution in [-0.4, -0.2) is 4.98 Å². The van der Waals surface area contributed by atoms with Gasteiger partial charge in [0.2, 0.25) is 0 Å². The molecule has 3 heteroatoms. The quantitative estimate of drug-likeness (QED) is 0.589. The monoisotopic (exact) mass is 362 g/mol. The van der Waals surface area contributed by atoms with Gasteiger partial charge in [-0.25, -0.2) is 4.98 Å². The van der Waals surface area contributed by atoms with Gasteiger partial charge in [-0.3, -0.25) is 0 Å². The average molecular weight is 363 g/mol. The fourth-order valence-corrected chi connectivity index (χ4v) is 4.81. The summed E-state index contributed by atoms with van der Waals surface area (Å²) in [7, 11) is 0. The van der Waals surface area contributed by atoms with Crippen LogP contribution in [0, 0.1) is 6.92 Å². The summed E-state index contributed by atoms with van der Waals surface area (Å²) in [6.45, 7) is 6.79. The predicted octanol–water partition coefficient (Wildman–Crippen LogP) is 5.91. The Morgan fingerprint density at radius 2 is 2.00 bits per heavy atom. The van der Waals surface area contributed by atoms with E-state index in [2.05, 4.69) is 56.5 Å². The summed E-state index contributed by atoms with van der Waals surface area (Å²) in [6.07, 6.45) is 4.62. The minimum absolute atomic E-state index is 0.269. The lowest BCUT2D eigenvalue weighted by Gasteiger charge is -2.32. The zero-order valence-corrected chi connectivity index (χ0v) is 16.6. The molecule has 0 aliphatic heterocycles. The Kier molecular flexibility index (Phi) is 4.36. The zero-order valence-electron chi connectivity index (χ0n) is 15.8. The molecule has 3 aromatic rings. The minimum atomic E-state index is 0.269. The van der Waals surface area contributed by atoms with Crippen molar-refractivity contribution in [2.45, 2.75) is 51.9 Å². The van der Waals surface area contributed by atoms with Gasteiger partial charge in [0.15, 0.2) is 0 Å². The first-order chi connectivity index (χ1) is 12.4. The number of nitrogens with zero attached hydrogens (tertiary/aromatic N) is 1. The van der Waals surface area contributed by atoms with Crippen molar-refractivity contribution >= 4 is 17.0 Å². The Labute approximate surface area is 160 Å². The molecule has 1 aliphatic carbocycles. The van der Waals surface area contributed by atoms with Crippen LogP contribution in [0.5, 0.6) is 0 Å². The molecular formula is C23H26N2S. The molecule has 0 amide bonds. The molecule has 0 saturated heterocycles. The van der Waals surface area contributed by atoms with Crippen LogP contribution in [0.15, 0.2) is 41.8 Å². The number of nitrogens with two attached hydrogens (primary N) is 1. The summed E-state index contributed by atoms with van der Waals surface area (Å²) < 4.78 is 0. The van der Waals surface area contributed by atoms with E-state index in [0.29, 0.717) is 0 Å². The van der Waals surface area contributed by atoms with Gasteiger partial charge in [0, 0.05) is 23.1 Å². The molecule has 1 heterocycles. The summed E-state index contributed by atoms with van der Waals surface area (Å²) in [5.74, 6) is 0. The summed E-state index contributed by atoms with van der Waals surface area (Å²) in [6, 6.07) is 13.2. The smallest absolute Gasteiger partial charge is 0.123 e. The van der Waals surface area contributed by atoms with E-state index in [1.165, 1.54) is 41.5 Å². The van der Waals surface area contributed by atoms with Crippen molar-refractivity contribution < 1.29 is 0 Å². The fourth-order valence-electron chi connectivity index (χ4n) is 3.99. The maximum absolute atomic E-state index is 5.93. The summed E-state index contributed by atoms with van der Waals surface area (Å²) in [5, 5.41) is 3.31. The molecule has 134 valence electrons. The summed E-state index contributed by atoms with van der Waals surface area (Å²) in [5.41, 5.74) is 14.8. The van der Waals surface area contributed by atoms with Crippen molar-refractivity contribution in [3.05, 3.63) is 69.7 Å². The van der Waals surface area contributed by atoms with Crippen molar-refractivity contribution in [2.24, 2.45) is 0 Å². The van der Waals surface area contributed by atoms with Gasteiger partial charge >= 0.3 is 0 Å². The third kappa shape index (κ3) is 3.28. The molecule has 0 bridgehead atoms. The number of hydrogen-bond donors (Lipinski definition) is 1. The summed E-state index contributed by atoms with van der Waals surface area (Å²) in [4.78, 5) is 4.91. The van der Waals surface area contributed by atoms with Gasteiger partial charge in [-0.2, -0.15) is 0 Å². The van der Waals surface area contributed by atoms with Crippen LogP contribution in [0.3, 0.4) is 0 Å². The first-order valence-corrected chi connectivity index (χ1v) is 10.2. The first-order valence-electron chi connectivity index (χ1n) is 9.35. The standard InChI is InChI=1S/C23H26N2S/c1-15-11-16(6-9-21(15)24)12-19-14-26-22(25-19)18-8-7-17-5-4-10-23(2,3)20(17)13-18/h6-9,11,13-14H,4-5,10,12,24H2,1-3H3. The highest BCUT2D eigenvalue weighted by Crippen LogP contribution is 2.39. The van der Waals surface area contributed by atoms with Gasteiger partial charge in [-0.1, -0.05) is 38.1 Å². The average Bonchev–Trinajstić information content (AvgIpc) is 3.06. The first kappa shape index (κ1) is 17.3. The lowest BCUT2D eigenvalue weighted by atomic mass is 9.72. The molecule has 1 aliphatic rings. The van der Waals surface area contributed by atoms with Gasteiger partial charge in [-0.05, 0) is 66.0 Å². The van der Waals surface area contributed by atoms with Crippen LogP contribution >= 0.6 is 11.3 Å². The molecule has 26 heavy (non-hydrogen) atoms. The van der Waals surface area contributed by atoms with Crippen LogP contribution in [0.25, 0.3) is 10.6 Å². The van der Waals surface area contributed by atoms with Crippen LogP contribution in [0.2, 0.25) is 0 Å². The molecule has 4 rings (SSSR count). The van der Waals surface area contributed by atoms with Gasteiger partial charge in [0.1, 0.15) is 5.01 Å². The van der Waals surface area contributed by atoms with Crippen LogP contribution in [0.4, 0.5) is 5.69 Å². The third-order valence-electron chi connectivity index (χ3n) is 5.61. The van der Waals surface area contributed by atoms with Gasteiger partial charge < -0.3 is 5.73 Å². The number of rotatable bonds is 3. The van der Waals surface area contributed by atoms with Crippen molar-refractivity contribution in [1.29, 1.82) is 0 Å². The maximum Gasteiger partial charge on any atom is 0.123 e. The van der Waals surface area contributed by atoms with E-state index in [1.807, 2.05) is 6.07 Å². The van der Waals surface area contributed by atoms with E-state index >= 15 is 0 Å². The van der Waals surface area contributed by atoms with Crippen molar-refractivity contribution in [3.8, 4) is 10.6 Å². The number of aromatic nitrogens is 1. The zero-order chi connectivity index (χ0) is 18.3. The van der Waals surface area contributed by atoms with Crippen LogP contribution in [-0.2, 0) is 18.3 Å². The second-order valence-electron chi connectivity index (χ2n) is 8.12. The van der Waals surface area contributed by atoms with Gasteiger partial charge in [-0.15, -0.1) is 11.3 Å². The number of fused-ring (bicyclic) bond motifs is 1. The lowest BCUT2D eigenvalue weighted by molar-refractivity contribution is 0.432. The number of benzene rings is 2. The highest BCUT2D eigenvalue weighted by atomic mass is 32.1. The second-order valence-corrected chi connectivity index (χ2v) is 8.98.